The Kier molecular flexibility index (Phi) is 3.26. The first kappa shape index (κ1) is 11.3. The van der Waals surface area contributed by atoms with Gasteiger partial charge in [-0.2, -0.15) is 0 Å². The molecule has 15 heavy (non-hydrogen) atoms. The van der Waals surface area contributed by atoms with Gasteiger partial charge in [0.25, 0.3) is 0 Å². The van der Waals surface area contributed by atoms with Crippen LogP contribution in [-0.2, 0) is 0 Å². The normalized spacial score (nSPS) is 37.0. The van der Waals surface area contributed by atoms with Gasteiger partial charge in [-0.15, -0.1) is 0 Å². The molecule has 0 unspecified atom stereocenters. The van der Waals surface area contributed by atoms with Gasteiger partial charge in [-0.05, 0) is 31.7 Å². The predicted molar refractivity (Wildman–Crippen MR) is 54.0 cm³/mol. The first-order valence-electron chi connectivity index (χ1n) is 5.83. The molecule has 0 amide bonds. The molecular formula is C11H19F2NO. The lowest BCUT2D eigenvalue weighted by atomic mass is 10.0. The molecule has 0 aromatic heterocycles. The van der Waals surface area contributed by atoms with Crippen molar-refractivity contribution in [2.24, 2.45) is 5.92 Å². The Morgan fingerprint density at radius 3 is 2.73 bits per heavy atom. The second-order valence-corrected chi connectivity index (χ2v) is 5.02. The number of β-amino-alcohol motifs (C(OH)–C–C–N with tert-alkyl or cyclic N) is 1. The summed E-state index contributed by atoms with van der Waals surface area (Å²) in [6.45, 7) is 2.37. The van der Waals surface area contributed by atoms with E-state index in [1.165, 1.54) is 0 Å². The van der Waals surface area contributed by atoms with E-state index in [1.807, 2.05) is 0 Å². The Balaban J connectivity index is 1.77. The lowest BCUT2D eigenvalue weighted by molar-refractivity contribution is 0.00132. The smallest absolute Gasteiger partial charge is 0.248 e. The van der Waals surface area contributed by atoms with Gasteiger partial charge in [-0.1, -0.05) is 0 Å². The summed E-state index contributed by atoms with van der Waals surface area (Å²) >= 11 is 0. The fourth-order valence-corrected chi connectivity index (χ4v) is 2.76. The van der Waals surface area contributed by atoms with Crippen LogP contribution in [0, 0.1) is 5.92 Å². The lowest BCUT2D eigenvalue weighted by Gasteiger charge is -2.31. The highest BCUT2D eigenvalue weighted by molar-refractivity contribution is 4.84. The third kappa shape index (κ3) is 3.11. The molecule has 0 bridgehead atoms. The summed E-state index contributed by atoms with van der Waals surface area (Å²) in [5.41, 5.74) is 0. The van der Waals surface area contributed by atoms with Crippen LogP contribution < -0.4 is 0 Å². The van der Waals surface area contributed by atoms with Crippen LogP contribution in [0.3, 0.4) is 0 Å². The maximum atomic E-state index is 13.0. The molecule has 2 fully saturated rings. The number of hydrogen-bond donors (Lipinski definition) is 1. The highest BCUT2D eigenvalue weighted by Gasteiger charge is 2.40. The third-order valence-corrected chi connectivity index (χ3v) is 3.50. The molecule has 0 spiro atoms. The number of alkyl halides is 2. The topological polar surface area (TPSA) is 23.5 Å². The van der Waals surface area contributed by atoms with Crippen molar-refractivity contribution in [3.05, 3.63) is 0 Å². The van der Waals surface area contributed by atoms with Crippen molar-refractivity contribution >= 4 is 0 Å². The van der Waals surface area contributed by atoms with Crippen molar-refractivity contribution in [1.29, 1.82) is 0 Å². The van der Waals surface area contributed by atoms with Crippen molar-refractivity contribution in [3.63, 3.8) is 0 Å². The molecule has 1 saturated heterocycles. The van der Waals surface area contributed by atoms with Crippen LogP contribution in [0.1, 0.15) is 32.1 Å². The van der Waals surface area contributed by atoms with Crippen molar-refractivity contribution in [2.45, 2.75) is 44.1 Å². The van der Waals surface area contributed by atoms with Gasteiger partial charge < -0.3 is 10.0 Å². The van der Waals surface area contributed by atoms with Gasteiger partial charge in [0.1, 0.15) is 0 Å². The Bertz CT molecular complexity index is 223. The van der Waals surface area contributed by atoms with E-state index < -0.39 is 5.92 Å². The summed E-state index contributed by atoms with van der Waals surface area (Å²) in [6.07, 6.45) is 2.33. The molecule has 88 valence electrons. The fourth-order valence-electron chi connectivity index (χ4n) is 2.76. The Morgan fingerprint density at radius 2 is 2.13 bits per heavy atom. The standard InChI is InChI=1S/C11H19F2NO/c12-11(13)4-3-9(6-11)7-14-5-1-2-10(15)8-14/h9-10,15H,1-8H2/t9-,10-/m0/s1. The second kappa shape index (κ2) is 4.34. The van der Waals surface area contributed by atoms with Gasteiger partial charge in [0.05, 0.1) is 6.10 Å². The maximum Gasteiger partial charge on any atom is 0.248 e. The predicted octanol–water partition coefficient (Wildman–Crippen LogP) is 1.88. The minimum Gasteiger partial charge on any atom is -0.392 e. The molecule has 1 saturated carbocycles. The number of rotatable bonds is 2. The molecule has 1 aliphatic carbocycles. The zero-order valence-corrected chi connectivity index (χ0v) is 8.96. The monoisotopic (exact) mass is 219 g/mol. The Labute approximate surface area is 89.3 Å². The van der Waals surface area contributed by atoms with E-state index in [0.717, 1.165) is 25.9 Å². The first-order chi connectivity index (χ1) is 7.05. The molecule has 4 heteroatoms. The zero-order chi connectivity index (χ0) is 10.9. The van der Waals surface area contributed by atoms with Crippen LogP contribution in [0.15, 0.2) is 0 Å². The summed E-state index contributed by atoms with van der Waals surface area (Å²) in [4.78, 5) is 2.14. The summed E-state index contributed by atoms with van der Waals surface area (Å²) in [5, 5.41) is 9.47. The van der Waals surface area contributed by atoms with E-state index in [2.05, 4.69) is 4.90 Å². The minimum absolute atomic E-state index is 0.0413. The lowest BCUT2D eigenvalue weighted by Crippen LogP contribution is -2.40. The summed E-state index contributed by atoms with van der Waals surface area (Å²) in [5.74, 6) is -2.30. The molecule has 1 heterocycles. The zero-order valence-electron chi connectivity index (χ0n) is 8.96. The van der Waals surface area contributed by atoms with Crippen LogP contribution in [0.2, 0.25) is 0 Å². The van der Waals surface area contributed by atoms with E-state index >= 15 is 0 Å². The van der Waals surface area contributed by atoms with Crippen LogP contribution in [0.4, 0.5) is 8.78 Å². The number of piperidine rings is 1. The SMILES string of the molecule is O[C@H]1CCCN(C[C@H]2CCC(F)(F)C2)C1. The van der Waals surface area contributed by atoms with Gasteiger partial charge in [0.15, 0.2) is 0 Å². The van der Waals surface area contributed by atoms with Gasteiger partial charge in [0.2, 0.25) is 5.92 Å². The fraction of sp³-hybridized carbons (Fsp3) is 1.00. The van der Waals surface area contributed by atoms with Crippen molar-refractivity contribution in [1.82, 2.24) is 4.90 Å². The first-order valence-corrected chi connectivity index (χ1v) is 5.83. The third-order valence-electron chi connectivity index (χ3n) is 3.50. The molecule has 0 radical (unpaired) electrons. The van der Waals surface area contributed by atoms with Crippen LogP contribution in [0.25, 0.3) is 0 Å². The van der Waals surface area contributed by atoms with E-state index in [1.54, 1.807) is 0 Å². The van der Waals surface area contributed by atoms with Crippen molar-refractivity contribution in [2.75, 3.05) is 19.6 Å². The average Bonchev–Trinajstić information content (AvgIpc) is 2.45. The van der Waals surface area contributed by atoms with E-state index in [-0.39, 0.29) is 24.9 Å². The number of aliphatic hydroxyl groups is 1. The maximum absolute atomic E-state index is 13.0. The summed E-state index contributed by atoms with van der Waals surface area (Å²) in [6, 6.07) is 0. The van der Waals surface area contributed by atoms with E-state index in [9.17, 15) is 13.9 Å². The van der Waals surface area contributed by atoms with E-state index in [4.69, 9.17) is 0 Å². The molecule has 2 nitrogen and oxygen atoms in total. The molecule has 2 atom stereocenters. The van der Waals surface area contributed by atoms with Crippen LogP contribution in [0.5, 0.6) is 0 Å². The molecule has 1 N–H and O–H groups in total. The molecule has 0 aromatic rings. The van der Waals surface area contributed by atoms with Crippen LogP contribution >= 0.6 is 0 Å². The summed E-state index contributed by atoms with van der Waals surface area (Å²) < 4.78 is 25.9. The molecular weight excluding hydrogens is 200 g/mol. The average molecular weight is 219 g/mol. The van der Waals surface area contributed by atoms with Crippen molar-refractivity contribution < 1.29 is 13.9 Å². The molecule has 2 rings (SSSR count). The highest BCUT2D eigenvalue weighted by Crippen LogP contribution is 2.39. The molecule has 2 aliphatic rings. The number of nitrogens with zero attached hydrogens (tertiary/aromatic N) is 1. The van der Waals surface area contributed by atoms with Crippen LogP contribution in [-0.4, -0.2) is 41.7 Å². The van der Waals surface area contributed by atoms with Gasteiger partial charge in [-0.3, -0.25) is 0 Å². The summed E-state index contributed by atoms with van der Waals surface area (Å²) in [7, 11) is 0. The highest BCUT2D eigenvalue weighted by atomic mass is 19.3. The number of aliphatic hydroxyl groups excluding tert-OH is 1. The molecule has 1 aliphatic heterocycles. The number of likely N-dealkylation sites (tertiary alicyclic amines) is 1. The van der Waals surface area contributed by atoms with Gasteiger partial charge in [-0.25, -0.2) is 8.78 Å². The quantitative estimate of drug-likeness (QED) is 0.766. The number of hydrogen-bond acceptors (Lipinski definition) is 2. The molecule has 0 aromatic carbocycles. The van der Waals surface area contributed by atoms with E-state index in [0.29, 0.717) is 13.0 Å². The largest absolute Gasteiger partial charge is 0.392 e. The minimum atomic E-state index is -2.43. The Hall–Kier alpha value is -0.220. The Morgan fingerprint density at radius 1 is 1.33 bits per heavy atom. The van der Waals surface area contributed by atoms with Gasteiger partial charge >= 0.3 is 0 Å². The van der Waals surface area contributed by atoms with Crippen molar-refractivity contribution in [3.8, 4) is 0 Å². The second-order valence-electron chi connectivity index (χ2n) is 5.02. The number of halogens is 2. The van der Waals surface area contributed by atoms with Gasteiger partial charge in [0, 0.05) is 25.9 Å².